The smallest absolute Gasteiger partial charge is 0.338 e. The van der Waals surface area contributed by atoms with Crippen molar-refractivity contribution < 1.29 is 9.53 Å². The Bertz CT molecular complexity index is 1380. The van der Waals surface area contributed by atoms with E-state index in [1.165, 1.54) is 18.4 Å². The zero-order chi connectivity index (χ0) is 21.6. The standard InChI is InChI=1S/C21H19BrN4O3S/c1-11-17(20(28)29-4)18(15-10-23-25(3)12(15)2)26-19(27)16(30-21(26)24-11)9-13-6-5-7-14(22)8-13/h5-10,18H,1-4H3/b16-9+/t18-/m1/s1. The maximum absolute atomic E-state index is 13.4. The lowest BCUT2D eigenvalue weighted by Gasteiger charge is -2.23. The number of hydrogen-bond acceptors (Lipinski definition) is 6. The van der Waals surface area contributed by atoms with Crippen LogP contribution in [0.15, 0.2) is 56.0 Å². The maximum atomic E-state index is 13.4. The van der Waals surface area contributed by atoms with E-state index in [0.717, 1.165) is 21.3 Å². The molecule has 2 aromatic heterocycles. The number of rotatable bonds is 3. The summed E-state index contributed by atoms with van der Waals surface area (Å²) in [5, 5.41) is 4.31. The number of hydrogen-bond donors (Lipinski definition) is 0. The quantitative estimate of drug-likeness (QED) is 0.531. The first-order valence-corrected chi connectivity index (χ1v) is 10.8. The molecule has 0 saturated carbocycles. The first kappa shape index (κ1) is 20.5. The fraction of sp³-hybridized carbons (Fsp3) is 0.238. The number of thiazole rings is 1. The van der Waals surface area contributed by atoms with E-state index < -0.39 is 12.0 Å². The van der Waals surface area contributed by atoms with Crippen LogP contribution in [0.1, 0.15) is 29.8 Å². The third-order valence-electron chi connectivity index (χ3n) is 5.14. The zero-order valence-electron chi connectivity index (χ0n) is 16.8. The molecule has 154 valence electrons. The van der Waals surface area contributed by atoms with Crippen LogP contribution in [0.4, 0.5) is 0 Å². The molecule has 0 unspecified atom stereocenters. The van der Waals surface area contributed by atoms with Crippen LogP contribution in [0.25, 0.3) is 6.08 Å². The van der Waals surface area contributed by atoms with Gasteiger partial charge in [-0.2, -0.15) is 5.10 Å². The van der Waals surface area contributed by atoms with E-state index in [9.17, 15) is 9.59 Å². The van der Waals surface area contributed by atoms with Crippen molar-refractivity contribution in [3.8, 4) is 0 Å². The van der Waals surface area contributed by atoms with Crippen LogP contribution in [0.3, 0.4) is 0 Å². The van der Waals surface area contributed by atoms with Crippen LogP contribution < -0.4 is 14.9 Å². The Labute approximate surface area is 184 Å². The molecule has 1 aliphatic heterocycles. The van der Waals surface area contributed by atoms with Crippen molar-refractivity contribution in [1.29, 1.82) is 0 Å². The van der Waals surface area contributed by atoms with Gasteiger partial charge in [-0.3, -0.25) is 14.0 Å². The summed E-state index contributed by atoms with van der Waals surface area (Å²) in [6, 6.07) is 7.06. The van der Waals surface area contributed by atoms with Gasteiger partial charge in [0.1, 0.15) is 6.04 Å². The van der Waals surface area contributed by atoms with Gasteiger partial charge in [-0.1, -0.05) is 39.4 Å². The number of allylic oxidation sites excluding steroid dienone is 1. The molecule has 30 heavy (non-hydrogen) atoms. The molecule has 0 N–H and O–H groups in total. The second kappa shape index (κ2) is 7.81. The highest BCUT2D eigenvalue weighted by Gasteiger charge is 2.34. The van der Waals surface area contributed by atoms with Crippen molar-refractivity contribution in [2.75, 3.05) is 7.11 Å². The van der Waals surface area contributed by atoms with Crippen LogP contribution in [0.5, 0.6) is 0 Å². The summed E-state index contributed by atoms with van der Waals surface area (Å²) in [5.41, 5.74) is 3.19. The number of methoxy groups -OCH3 is 1. The topological polar surface area (TPSA) is 78.5 Å². The normalized spacial score (nSPS) is 16.4. The van der Waals surface area contributed by atoms with Gasteiger partial charge in [-0.15, -0.1) is 0 Å². The summed E-state index contributed by atoms with van der Waals surface area (Å²) < 4.78 is 9.77. The highest BCUT2D eigenvalue weighted by molar-refractivity contribution is 9.10. The van der Waals surface area contributed by atoms with Gasteiger partial charge >= 0.3 is 5.97 Å². The van der Waals surface area contributed by atoms with E-state index in [0.29, 0.717) is 20.6 Å². The van der Waals surface area contributed by atoms with E-state index in [1.807, 2.05) is 44.3 Å². The van der Waals surface area contributed by atoms with E-state index in [1.54, 1.807) is 22.4 Å². The van der Waals surface area contributed by atoms with E-state index in [4.69, 9.17) is 4.74 Å². The highest BCUT2D eigenvalue weighted by Crippen LogP contribution is 2.32. The Balaban J connectivity index is 2.01. The predicted octanol–water partition coefficient (Wildman–Crippen LogP) is 2.21. The molecule has 1 atom stereocenters. The lowest BCUT2D eigenvalue weighted by Crippen LogP contribution is -2.40. The second-order valence-corrected chi connectivity index (χ2v) is 8.86. The Morgan fingerprint density at radius 1 is 1.33 bits per heavy atom. The van der Waals surface area contributed by atoms with Gasteiger partial charge in [0.15, 0.2) is 4.80 Å². The minimum absolute atomic E-state index is 0.208. The molecule has 9 heteroatoms. The van der Waals surface area contributed by atoms with Gasteiger partial charge in [-0.05, 0) is 37.6 Å². The summed E-state index contributed by atoms with van der Waals surface area (Å²) in [7, 11) is 3.15. The summed E-state index contributed by atoms with van der Waals surface area (Å²) in [4.78, 5) is 31.2. The van der Waals surface area contributed by atoms with Gasteiger partial charge in [0.2, 0.25) is 0 Å². The highest BCUT2D eigenvalue weighted by atomic mass is 79.9. The molecule has 3 aromatic rings. The fourth-order valence-electron chi connectivity index (χ4n) is 3.52. The van der Waals surface area contributed by atoms with Gasteiger partial charge in [0, 0.05) is 22.8 Å². The first-order chi connectivity index (χ1) is 14.3. The number of esters is 1. The molecule has 0 aliphatic carbocycles. The Hall–Kier alpha value is -2.78. The third kappa shape index (κ3) is 3.37. The molecule has 4 rings (SSSR count). The summed E-state index contributed by atoms with van der Waals surface area (Å²) in [6.07, 6.45) is 3.52. The monoisotopic (exact) mass is 486 g/mol. The summed E-state index contributed by atoms with van der Waals surface area (Å²) >= 11 is 4.75. The van der Waals surface area contributed by atoms with Crippen LogP contribution in [0, 0.1) is 6.92 Å². The van der Waals surface area contributed by atoms with Crippen molar-refractivity contribution >= 4 is 39.3 Å². The number of aryl methyl sites for hydroxylation is 1. The Kier molecular flexibility index (Phi) is 5.33. The molecule has 0 fully saturated rings. The molecule has 0 radical (unpaired) electrons. The van der Waals surface area contributed by atoms with Crippen LogP contribution in [-0.2, 0) is 16.6 Å². The number of halogens is 1. The number of nitrogens with zero attached hydrogens (tertiary/aromatic N) is 4. The largest absolute Gasteiger partial charge is 0.466 e. The van der Waals surface area contributed by atoms with Gasteiger partial charge < -0.3 is 4.74 Å². The second-order valence-electron chi connectivity index (χ2n) is 6.94. The molecule has 1 aromatic carbocycles. The molecule has 3 heterocycles. The van der Waals surface area contributed by atoms with Crippen LogP contribution >= 0.6 is 27.3 Å². The number of carbonyl (C=O) groups is 1. The summed E-state index contributed by atoms with van der Waals surface area (Å²) in [5.74, 6) is -0.509. The van der Waals surface area contributed by atoms with Crippen LogP contribution in [-0.4, -0.2) is 27.4 Å². The predicted molar refractivity (Wildman–Crippen MR) is 118 cm³/mol. The Morgan fingerprint density at radius 3 is 2.73 bits per heavy atom. The zero-order valence-corrected chi connectivity index (χ0v) is 19.2. The van der Waals surface area contributed by atoms with Crippen molar-refractivity contribution in [2.24, 2.45) is 12.0 Å². The van der Waals surface area contributed by atoms with E-state index in [2.05, 4.69) is 26.0 Å². The Morgan fingerprint density at radius 2 is 2.10 bits per heavy atom. The lowest BCUT2D eigenvalue weighted by molar-refractivity contribution is -0.136. The van der Waals surface area contributed by atoms with Gasteiger partial charge in [-0.25, -0.2) is 9.79 Å². The van der Waals surface area contributed by atoms with E-state index >= 15 is 0 Å². The average Bonchev–Trinajstić information content (AvgIpc) is 3.19. The van der Waals surface area contributed by atoms with Crippen LogP contribution in [0.2, 0.25) is 0 Å². The molecular formula is C21H19BrN4O3S. The molecule has 0 amide bonds. The molecule has 7 nitrogen and oxygen atoms in total. The molecular weight excluding hydrogens is 468 g/mol. The number of carbonyl (C=O) groups excluding carboxylic acids is 1. The number of ether oxygens (including phenoxy) is 1. The lowest BCUT2D eigenvalue weighted by atomic mass is 9.96. The van der Waals surface area contributed by atoms with Crippen molar-refractivity contribution in [2.45, 2.75) is 19.9 Å². The maximum Gasteiger partial charge on any atom is 0.338 e. The summed E-state index contributed by atoms with van der Waals surface area (Å²) in [6.45, 7) is 3.67. The van der Waals surface area contributed by atoms with Gasteiger partial charge in [0.25, 0.3) is 5.56 Å². The number of aromatic nitrogens is 3. The average molecular weight is 487 g/mol. The molecule has 0 bridgehead atoms. The number of benzene rings is 1. The third-order valence-corrected chi connectivity index (χ3v) is 6.62. The number of fused-ring (bicyclic) bond motifs is 1. The molecule has 0 spiro atoms. The minimum atomic E-state index is -0.646. The SMILES string of the molecule is COC(=O)C1=C(C)N=c2s/c(=C/c3cccc(Br)c3)c(=O)n2[C@@H]1c1cnn(C)c1C. The molecule has 0 saturated heterocycles. The fourth-order valence-corrected chi connectivity index (χ4v) is 4.98. The van der Waals surface area contributed by atoms with Crippen molar-refractivity contribution in [3.05, 3.63) is 82.7 Å². The van der Waals surface area contributed by atoms with E-state index in [-0.39, 0.29) is 5.56 Å². The minimum Gasteiger partial charge on any atom is -0.466 e. The van der Waals surface area contributed by atoms with Crippen molar-refractivity contribution in [3.63, 3.8) is 0 Å². The van der Waals surface area contributed by atoms with Gasteiger partial charge in [0.05, 0.1) is 29.1 Å². The molecule has 1 aliphatic rings. The van der Waals surface area contributed by atoms with Crippen molar-refractivity contribution in [1.82, 2.24) is 14.3 Å². The first-order valence-electron chi connectivity index (χ1n) is 9.16.